The van der Waals surface area contributed by atoms with E-state index < -0.39 is 0 Å². The molecule has 0 aromatic heterocycles. The van der Waals surface area contributed by atoms with Crippen LogP contribution in [0.25, 0.3) is 0 Å². The molecular formula is C12H20O2. The molecule has 1 atom stereocenters. The van der Waals surface area contributed by atoms with E-state index in [0.29, 0.717) is 5.41 Å². The Hall–Kier alpha value is -0.530. The molecule has 2 heteroatoms. The number of ether oxygens (including phenoxy) is 1. The van der Waals surface area contributed by atoms with Crippen molar-refractivity contribution < 1.29 is 9.53 Å². The normalized spacial score (nSPS) is 48.5. The summed E-state index contributed by atoms with van der Waals surface area (Å²) in [6, 6.07) is 0. The topological polar surface area (TPSA) is 26.3 Å². The first kappa shape index (κ1) is 10.0. The van der Waals surface area contributed by atoms with Gasteiger partial charge in [-0.2, -0.15) is 0 Å². The second kappa shape index (κ2) is 2.34. The fraction of sp³-hybridized carbons (Fsp3) is 0.917. The van der Waals surface area contributed by atoms with Crippen LogP contribution in [0.4, 0.5) is 0 Å². The molecule has 0 aliphatic heterocycles. The van der Waals surface area contributed by atoms with Crippen LogP contribution in [-0.4, -0.2) is 12.1 Å². The molecule has 3 aliphatic rings. The highest BCUT2D eigenvalue weighted by Crippen LogP contribution is 2.75. The molecular weight excluding hydrogens is 176 g/mol. The number of hydrogen-bond donors (Lipinski definition) is 0. The number of hydrogen-bond acceptors (Lipinski definition) is 2. The van der Waals surface area contributed by atoms with E-state index in [0.717, 1.165) is 0 Å². The van der Waals surface area contributed by atoms with Crippen molar-refractivity contribution >= 4 is 5.97 Å². The van der Waals surface area contributed by atoms with Crippen molar-refractivity contribution in [1.82, 2.24) is 0 Å². The maximum Gasteiger partial charge on any atom is 0.302 e. The SMILES string of the molecule is CC(=O)OC1C2(C)CC(C)(C2)C1(C)C. The van der Waals surface area contributed by atoms with Crippen LogP contribution >= 0.6 is 0 Å². The Balaban J connectivity index is 2.29. The summed E-state index contributed by atoms with van der Waals surface area (Å²) < 4.78 is 5.51. The van der Waals surface area contributed by atoms with Crippen LogP contribution in [0.3, 0.4) is 0 Å². The highest BCUT2D eigenvalue weighted by atomic mass is 16.5. The highest BCUT2D eigenvalue weighted by molar-refractivity contribution is 5.66. The second-order valence-corrected chi connectivity index (χ2v) is 6.28. The smallest absolute Gasteiger partial charge is 0.302 e. The van der Waals surface area contributed by atoms with E-state index in [-0.39, 0.29) is 22.9 Å². The molecule has 1 unspecified atom stereocenters. The van der Waals surface area contributed by atoms with Gasteiger partial charge in [-0.25, -0.2) is 0 Å². The van der Waals surface area contributed by atoms with Gasteiger partial charge in [0, 0.05) is 17.8 Å². The predicted octanol–water partition coefficient (Wildman–Crippen LogP) is 2.76. The van der Waals surface area contributed by atoms with Crippen LogP contribution in [0.2, 0.25) is 0 Å². The van der Waals surface area contributed by atoms with Crippen LogP contribution in [0.15, 0.2) is 0 Å². The molecule has 0 heterocycles. The zero-order chi connectivity index (χ0) is 10.8. The molecule has 0 N–H and O–H groups in total. The molecule has 2 nitrogen and oxygen atoms in total. The summed E-state index contributed by atoms with van der Waals surface area (Å²) in [5.41, 5.74) is 0.749. The molecule has 0 aromatic rings. The van der Waals surface area contributed by atoms with Gasteiger partial charge in [-0.15, -0.1) is 0 Å². The predicted molar refractivity (Wildman–Crippen MR) is 54.8 cm³/mol. The molecule has 3 rings (SSSR count). The number of fused-ring (bicyclic) bond motifs is 1. The minimum Gasteiger partial charge on any atom is -0.461 e. The average molecular weight is 196 g/mol. The minimum atomic E-state index is -0.138. The van der Waals surface area contributed by atoms with Crippen LogP contribution < -0.4 is 0 Å². The lowest BCUT2D eigenvalue weighted by molar-refractivity contribution is -0.155. The van der Waals surface area contributed by atoms with Crippen molar-refractivity contribution in [3.63, 3.8) is 0 Å². The molecule has 0 spiro atoms. The molecule has 2 bridgehead atoms. The summed E-state index contributed by atoms with van der Waals surface area (Å²) in [4.78, 5) is 11.1. The van der Waals surface area contributed by atoms with Crippen molar-refractivity contribution in [2.24, 2.45) is 16.2 Å². The van der Waals surface area contributed by atoms with Gasteiger partial charge < -0.3 is 4.74 Å². The van der Waals surface area contributed by atoms with Crippen molar-refractivity contribution in [3.05, 3.63) is 0 Å². The largest absolute Gasteiger partial charge is 0.461 e. The fourth-order valence-electron chi connectivity index (χ4n) is 4.02. The van der Waals surface area contributed by atoms with Crippen LogP contribution in [0.1, 0.15) is 47.5 Å². The third-order valence-corrected chi connectivity index (χ3v) is 4.72. The molecule has 0 amide bonds. The zero-order valence-electron chi connectivity index (χ0n) is 9.81. The van der Waals surface area contributed by atoms with Gasteiger partial charge in [-0.05, 0) is 18.3 Å². The lowest BCUT2D eigenvalue weighted by Gasteiger charge is -2.45. The molecule has 14 heavy (non-hydrogen) atoms. The zero-order valence-corrected chi connectivity index (χ0v) is 9.81. The maximum atomic E-state index is 11.1. The van der Waals surface area contributed by atoms with E-state index in [1.807, 2.05) is 0 Å². The van der Waals surface area contributed by atoms with Gasteiger partial charge in [0.2, 0.25) is 0 Å². The van der Waals surface area contributed by atoms with Crippen molar-refractivity contribution in [3.8, 4) is 0 Å². The van der Waals surface area contributed by atoms with E-state index >= 15 is 0 Å². The summed E-state index contributed by atoms with van der Waals surface area (Å²) in [5.74, 6) is -0.138. The second-order valence-electron chi connectivity index (χ2n) is 6.28. The molecule has 3 fully saturated rings. The van der Waals surface area contributed by atoms with Gasteiger partial charge in [0.15, 0.2) is 0 Å². The van der Waals surface area contributed by atoms with Gasteiger partial charge in [-0.1, -0.05) is 27.7 Å². The Morgan fingerprint density at radius 2 is 1.71 bits per heavy atom. The van der Waals surface area contributed by atoms with Crippen molar-refractivity contribution in [2.45, 2.75) is 53.6 Å². The van der Waals surface area contributed by atoms with E-state index in [9.17, 15) is 4.79 Å². The Bertz CT molecular complexity index is 285. The summed E-state index contributed by atoms with van der Waals surface area (Å²) in [6.07, 6.45) is 2.51. The minimum absolute atomic E-state index is 0.109. The van der Waals surface area contributed by atoms with Gasteiger partial charge >= 0.3 is 5.97 Å². The number of esters is 1. The third kappa shape index (κ3) is 0.945. The number of carbonyl (C=O) groups is 1. The van der Waals surface area contributed by atoms with E-state index in [1.165, 1.54) is 19.8 Å². The third-order valence-electron chi connectivity index (χ3n) is 4.72. The molecule has 3 aliphatic carbocycles. The first-order valence-corrected chi connectivity index (χ1v) is 5.39. The number of carbonyl (C=O) groups excluding carboxylic acids is 1. The Morgan fingerprint density at radius 1 is 1.21 bits per heavy atom. The number of rotatable bonds is 1. The van der Waals surface area contributed by atoms with E-state index in [1.54, 1.807) is 0 Å². The summed E-state index contributed by atoms with van der Waals surface area (Å²) in [6.45, 7) is 10.5. The monoisotopic (exact) mass is 196 g/mol. The van der Waals surface area contributed by atoms with Gasteiger partial charge in [-0.3, -0.25) is 4.79 Å². The maximum absolute atomic E-state index is 11.1. The first-order chi connectivity index (χ1) is 6.21. The first-order valence-electron chi connectivity index (χ1n) is 5.39. The lowest BCUT2D eigenvalue weighted by Crippen LogP contribution is -2.37. The summed E-state index contributed by atoms with van der Waals surface area (Å²) >= 11 is 0. The molecule has 3 saturated carbocycles. The van der Waals surface area contributed by atoms with Gasteiger partial charge in [0.25, 0.3) is 0 Å². The average Bonchev–Trinajstić information content (AvgIpc) is 2.14. The summed E-state index contributed by atoms with van der Waals surface area (Å²) in [5, 5.41) is 0. The van der Waals surface area contributed by atoms with Crippen LogP contribution in [0, 0.1) is 16.2 Å². The highest BCUT2D eigenvalue weighted by Gasteiger charge is 2.72. The van der Waals surface area contributed by atoms with Gasteiger partial charge in [0.05, 0.1) is 0 Å². The molecule has 80 valence electrons. The molecule has 0 aromatic carbocycles. The molecule has 0 saturated heterocycles. The Kier molecular flexibility index (Phi) is 1.67. The van der Waals surface area contributed by atoms with Crippen LogP contribution in [0.5, 0.6) is 0 Å². The standard InChI is InChI=1S/C12H20O2/c1-8(13)14-9-10(2,3)12(5)6-11(9,4)7-12/h9H,6-7H2,1-5H3. The lowest BCUT2D eigenvalue weighted by atomic mass is 9.58. The van der Waals surface area contributed by atoms with Crippen molar-refractivity contribution in [2.75, 3.05) is 0 Å². The van der Waals surface area contributed by atoms with Gasteiger partial charge in [0.1, 0.15) is 6.10 Å². The Labute approximate surface area is 86.0 Å². The van der Waals surface area contributed by atoms with E-state index in [4.69, 9.17) is 4.74 Å². The fourth-order valence-corrected chi connectivity index (χ4v) is 4.02. The van der Waals surface area contributed by atoms with E-state index in [2.05, 4.69) is 27.7 Å². The van der Waals surface area contributed by atoms with Crippen molar-refractivity contribution in [1.29, 1.82) is 0 Å². The molecule has 0 radical (unpaired) electrons. The Morgan fingerprint density at radius 3 is 2.00 bits per heavy atom. The summed E-state index contributed by atoms with van der Waals surface area (Å²) in [7, 11) is 0. The quantitative estimate of drug-likeness (QED) is 0.603. The van der Waals surface area contributed by atoms with Crippen LogP contribution in [-0.2, 0) is 9.53 Å².